The van der Waals surface area contributed by atoms with Crippen molar-refractivity contribution in [3.8, 4) is 0 Å². The van der Waals surface area contributed by atoms with Crippen LogP contribution in [0, 0.1) is 0 Å². The number of rotatable bonds is 7. The van der Waals surface area contributed by atoms with Crippen LogP contribution in [0.25, 0.3) is 11.2 Å². The lowest BCUT2D eigenvalue weighted by Gasteiger charge is -2.23. The van der Waals surface area contributed by atoms with Crippen molar-refractivity contribution in [1.29, 1.82) is 0 Å². The Hall–Kier alpha value is -3.20. The molecule has 0 saturated carbocycles. The van der Waals surface area contributed by atoms with Gasteiger partial charge in [-0.25, -0.2) is 4.98 Å². The molecule has 9 nitrogen and oxygen atoms in total. The molecule has 0 aliphatic carbocycles. The molecule has 2 fully saturated rings. The lowest BCUT2D eigenvalue weighted by Crippen LogP contribution is -2.33. The minimum Gasteiger partial charge on any atom is -0.394 e. The van der Waals surface area contributed by atoms with E-state index in [0.717, 1.165) is 43.7 Å². The van der Waals surface area contributed by atoms with E-state index in [4.69, 9.17) is 9.97 Å². The third kappa shape index (κ3) is 3.93. The summed E-state index contributed by atoms with van der Waals surface area (Å²) in [5, 5.41) is 13.2. The maximum Gasteiger partial charge on any atom is 0.229 e. The molecule has 0 spiro atoms. The van der Waals surface area contributed by atoms with Crippen LogP contribution in [-0.2, 0) is 11.3 Å². The molecule has 3 aromatic rings. The highest BCUT2D eigenvalue weighted by atomic mass is 16.3. The van der Waals surface area contributed by atoms with E-state index in [2.05, 4.69) is 15.2 Å². The van der Waals surface area contributed by atoms with Crippen molar-refractivity contribution in [2.75, 3.05) is 36.5 Å². The van der Waals surface area contributed by atoms with Crippen LogP contribution in [0.1, 0.15) is 25.7 Å². The topological polar surface area (TPSA) is 99.4 Å². The summed E-state index contributed by atoms with van der Waals surface area (Å²) >= 11 is 0. The summed E-state index contributed by atoms with van der Waals surface area (Å²) < 4.78 is 1.99. The van der Waals surface area contributed by atoms with E-state index >= 15 is 0 Å². The molecule has 0 radical (unpaired) electrons. The Morgan fingerprint density at radius 1 is 1.10 bits per heavy atom. The monoisotopic (exact) mass is 421 g/mol. The second-order valence-electron chi connectivity index (χ2n) is 8.13. The van der Waals surface area contributed by atoms with Gasteiger partial charge in [0.05, 0.1) is 19.0 Å². The van der Waals surface area contributed by atoms with Crippen molar-refractivity contribution < 1.29 is 9.90 Å². The summed E-state index contributed by atoms with van der Waals surface area (Å²) in [4.78, 5) is 30.2. The van der Waals surface area contributed by atoms with Gasteiger partial charge in [0.1, 0.15) is 0 Å². The molecule has 2 N–H and O–H groups in total. The van der Waals surface area contributed by atoms with Gasteiger partial charge in [0.15, 0.2) is 17.0 Å². The number of hydrogen-bond donors (Lipinski definition) is 2. The van der Waals surface area contributed by atoms with E-state index in [1.54, 1.807) is 6.33 Å². The van der Waals surface area contributed by atoms with E-state index in [-0.39, 0.29) is 18.6 Å². The molecule has 1 unspecified atom stereocenters. The molecule has 1 aromatic carbocycles. The number of nitrogens with one attached hydrogen (secondary N) is 1. The zero-order valence-corrected chi connectivity index (χ0v) is 17.4. The quantitative estimate of drug-likeness (QED) is 0.603. The summed E-state index contributed by atoms with van der Waals surface area (Å²) in [6.45, 7) is 3.00. The van der Waals surface area contributed by atoms with Crippen molar-refractivity contribution in [3.63, 3.8) is 0 Å². The predicted octanol–water partition coefficient (Wildman–Crippen LogP) is 2.15. The molecular formula is C22H27N7O2. The van der Waals surface area contributed by atoms with Crippen molar-refractivity contribution >= 4 is 34.5 Å². The number of likely N-dealkylation sites (tertiary alicyclic amines) is 1. The number of amides is 1. The second kappa shape index (κ2) is 8.50. The number of anilines is 3. The summed E-state index contributed by atoms with van der Waals surface area (Å²) in [5.41, 5.74) is 2.35. The van der Waals surface area contributed by atoms with Gasteiger partial charge in [-0.2, -0.15) is 9.97 Å². The normalized spacial score (nSPS) is 19.0. The third-order valence-corrected chi connectivity index (χ3v) is 6.12. The fourth-order valence-electron chi connectivity index (χ4n) is 4.43. The number of aliphatic hydroxyl groups excluding tert-OH is 1. The Balaban J connectivity index is 1.51. The van der Waals surface area contributed by atoms with Crippen LogP contribution in [0.4, 0.5) is 17.5 Å². The molecule has 1 atom stereocenters. The van der Waals surface area contributed by atoms with Crippen LogP contribution < -0.4 is 10.2 Å². The number of imidazole rings is 1. The smallest absolute Gasteiger partial charge is 0.229 e. The molecule has 4 heterocycles. The van der Waals surface area contributed by atoms with Crippen molar-refractivity contribution in [3.05, 3.63) is 36.7 Å². The number of aromatic nitrogens is 4. The van der Waals surface area contributed by atoms with Crippen LogP contribution in [0.2, 0.25) is 0 Å². The van der Waals surface area contributed by atoms with Gasteiger partial charge < -0.3 is 24.8 Å². The number of aliphatic hydroxyl groups is 1. The number of fused-ring (bicyclic) bond motifs is 1. The van der Waals surface area contributed by atoms with Gasteiger partial charge in [0, 0.05) is 38.3 Å². The van der Waals surface area contributed by atoms with E-state index in [1.807, 2.05) is 39.8 Å². The molecule has 2 aromatic heterocycles. The van der Waals surface area contributed by atoms with Crippen LogP contribution in [0.3, 0.4) is 0 Å². The van der Waals surface area contributed by atoms with Gasteiger partial charge in [-0.3, -0.25) is 4.79 Å². The summed E-state index contributed by atoms with van der Waals surface area (Å²) in [7, 11) is 0. The molecule has 31 heavy (non-hydrogen) atoms. The Labute approximate surface area is 180 Å². The van der Waals surface area contributed by atoms with Gasteiger partial charge in [-0.1, -0.05) is 18.2 Å². The van der Waals surface area contributed by atoms with E-state index in [9.17, 15) is 9.90 Å². The highest BCUT2D eigenvalue weighted by Crippen LogP contribution is 2.29. The minimum absolute atomic E-state index is 0.0284. The SMILES string of the molecule is O=C1CCCN1CCn1cnc2c(Nc3ccccc3)nc(N3CCCC3CO)nc21. The number of benzene rings is 1. The first-order valence-electron chi connectivity index (χ1n) is 10.9. The standard InChI is InChI=1S/C22H27N7O2/c30-14-17-8-4-11-29(17)22-25-20(24-16-6-2-1-3-7-16)19-21(26-22)28(15-23-19)13-12-27-10-5-9-18(27)31/h1-3,6-7,15,17,30H,4-5,8-14H2,(H,24,25,26). The van der Waals surface area contributed by atoms with Gasteiger partial charge in [-0.05, 0) is 31.4 Å². The first kappa shape index (κ1) is 19.7. The first-order chi connectivity index (χ1) is 15.2. The Bertz CT molecular complexity index is 1070. The van der Waals surface area contributed by atoms with Crippen LogP contribution in [0.5, 0.6) is 0 Å². The maximum absolute atomic E-state index is 12.0. The van der Waals surface area contributed by atoms with Crippen LogP contribution >= 0.6 is 0 Å². The van der Waals surface area contributed by atoms with Gasteiger partial charge in [0.25, 0.3) is 0 Å². The molecule has 2 aliphatic rings. The minimum atomic E-state index is 0.0284. The summed E-state index contributed by atoms with van der Waals surface area (Å²) in [6, 6.07) is 9.90. The Morgan fingerprint density at radius 3 is 2.74 bits per heavy atom. The van der Waals surface area contributed by atoms with Crippen molar-refractivity contribution in [2.45, 2.75) is 38.3 Å². The van der Waals surface area contributed by atoms with Gasteiger partial charge >= 0.3 is 0 Å². The molecule has 9 heteroatoms. The lowest BCUT2D eigenvalue weighted by atomic mass is 10.2. The second-order valence-corrected chi connectivity index (χ2v) is 8.13. The largest absolute Gasteiger partial charge is 0.394 e. The highest BCUT2D eigenvalue weighted by Gasteiger charge is 2.28. The van der Waals surface area contributed by atoms with Crippen LogP contribution in [-0.4, -0.2) is 67.7 Å². The molecule has 1 amide bonds. The lowest BCUT2D eigenvalue weighted by molar-refractivity contribution is -0.127. The molecule has 162 valence electrons. The van der Waals surface area contributed by atoms with Gasteiger partial charge in [0.2, 0.25) is 11.9 Å². The van der Waals surface area contributed by atoms with Crippen LogP contribution in [0.15, 0.2) is 36.7 Å². The summed E-state index contributed by atoms with van der Waals surface area (Å²) in [5.74, 6) is 1.46. The number of hydrogen-bond acceptors (Lipinski definition) is 7. The highest BCUT2D eigenvalue weighted by molar-refractivity contribution is 5.86. The fraction of sp³-hybridized carbons (Fsp3) is 0.455. The number of carbonyl (C=O) groups is 1. The Kier molecular flexibility index (Phi) is 5.42. The molecular weight excluding hydrogens is 394 g/mol. The Morgan fingerprint density at radius 2 is 1.97 bits per heavy atom. The summed E-state index contributed by atoms with van der Waals surface area (Å²) in [6.07, 6.45) is 5.27. The molecule has 5 rings (SSSR count). The predicted molar refractivity (Wildman–Crippen MR) is 118 cm³/mol. The zero-order chi connectivity index (χ0) is 21.2. The van der Waals surface area contributed by atoms with Crippen molar-refractivity contribution in [1.82, 2.24) is 24.4 Å². The third-order valence-electron chi connectivity index (χ3n) is 6.12. The molecule has 2 aliphatic heterocycles. The van der Waals surface area contributed by atoms with Gasteiger partial charge in [-0.15, -0.1) is 0 Å². The van der Waals surface area contributed by atoms with E-state index < -0.39 is 0 Å². The number of para-hydroxylation sites is 1. The van der Waals surface area contributed by atoms with E-state index in [0.29, 0.717) is 36.8 Å². The molecule has 0 bridgehead atoms. The average Bonchev–Trinajstić information content (AvgIpc) is 3.52. The number of carbonyl (C=O) groups excluding carboxylic acids is 1. The zero-order valence-electron chi connectivity index (χ0n) is 17.4. The average molecular weight is 422 g/mol. The van der Waals surface area contributed by atoms with E-state index in [1.165, 1.54) is 0 Å². The maximum atomic E-state index is 12.0. The molecule has 2 saturated heterocycles. The number of nitrogens with zero attached hydrogens (tertiary/aromatic N) is 6. The van der Waals surface area contributed by atoms with Crippen molar-refractivity contribution in [2.24, 2.45) is 0 Å². The fourth-order valence-corrected chi connectivity index (χ4v) is 4.43. The first-order valence-corrected chi connectivity index (χ1v) is 10.9.